The zero-order valence-electron chi connectivity index (χ0n) is 12.2. The van der Waals surface area contributed by atoms with Gasteiger partial charge in [0, 0.05) is 19.1 Å². The van der Waals surface area contributed by atoms with Crippen LogP contribution in [0.1, 0.15) is 21.6 Å². The lowest BCUT2D eigenvalue weighted by Crippen LogP contribution is -2.42. The number of benzene rings is 1. The van der Waals surface area contributed by atoms with E-state index in [1.165, 1.54) is 17.2 Å². The number of carbonyl (C=O) groups is 1. The number of hydrogen-bond donors (Lipinski definition) is 1. The van der Waals surface area contributed by atoms with E-state index in [9.17, 15) is 14.3 Å². The summed E-state index contributed by atoms with van der Waals surface area (Å²) in [7, 11) is 0. The fourth-order valence-electron chi connectivity index (χ4n) is 2.83. The van der Waals surface area contributed by atoms with Crippen molar-refractivity contribution in [1.29, 1.82) is 0 Å². The summed E-state index contributed by atoms with van der Waals surface area (Å²) in [5.41, 5.74) is 1.92. The number of nitrogens with zero attached hydrogens (tertiary/aromatic N) is 3. The molecule has 1 atom stereocenters. The molecular weight excluding hydrogens is 285 g/mol. The first-order chi connectivity index (χ1) is 10.6. The van der Waals surface area contributed by atoms with Gasteiger partial charge in [-0.1, -0.05) is 12.1 Å². The summed E-state index contributed by atoms with van der Waals surface area (Å²) in [6.07, 6.45) is 2.00. The molecule has 1 aromatic carbocycles. The molecule has 0 fully saturated rings. The van der Waals surface area contributed by atoms with Gasteiger partial charge in [-0.05, 0) is 31.0 Å². The minimum absolute atomic E-state index is 0.0483. The molecule has 0 radical (unpaired) electrons. The monoisotopic (exact) mass is 301 g/mol. The van der Waals surface area contributed by atoms with Gasteiger partial charge in [-0.3, -0.25) is 4.79 Å². The van der Waals surface area contributed by atoms with E-state index in [0.717, 1.165) is 5.56 Å². The fourth-order valence-corrected chi connectivity index (χ4v) is 2.83. The highest BCUT2D eigenvalue weighted by Crippen LogP contribution is 2.33. The van der Waals surface area contributed by atoms with Crippen LogP contribution in [0.25, 0.3) is 0 Å². The van der Waals surface area contributed by atoms with Crippen LogP contribution in [-0.2, 0) is 6.42 Å². The van der Waals surface area contributed by atoms with Crippen LogP contribution >= 0.6 is 0 Å². The average molecular weight is 301 g/mol. The van der Waals surface area contributed by atoms with Crippen LogP contribution in [0.3, 0.4) is 0 Å². The average Bonchev–Trinajstić information content (AvgIpc) is 2.54. The second-order valence-corrected chi connectivity index (χ2v) is 5.45. The molecule has 114 valence electrons. The van der Waals surface area contributed by atoms with Gasteiger partial charge in [-0.2, -0.15) is 10.2 Å². The van der Waals surface area contributed by atoms with Crippen LogP contribution in [0.2, 0.25) is 0 Å². The maximum Gasteiger partial charge on any atom is 0.260 e. The van der Waals surface area contributed by atoms with E-state index in [1.807, 2.05) is 0 Å². The molecule has 3 rings (SSSR count). The molecule has 1 aromatic heterocycles. The van der Waals surface area contributed by atoms with E-state index in [0.29, 0.717) is 23.4 Å². The molecule has 0 bridgehead atoms. The topological polar surface area (TPSA) is 66.3 Å². The molecule has 0 spiro atoms. The normalized spacial score (nSPS) is 17.2. The van der Waals surface area contributed by atoms with Gasteiger partial charge in [-0.15, -0.1) is 0 Å². The third kappa shape index (κ3) is 2.46. The Morgan fingerprint density at radius 2 is 2.27 bits per heavy atom. The second kappa shape index (κ2) is 5.81. The summed E-state index contributed by atoms with van der Waals surface area (Å²) in [5.74, 6) is -0.854. The maximum atomic E-state index is 14.2. The fraction of sp³-hybridized carbons (Fsp3) is 0.312. The number of aliphatic hydroxyl groups is 1. The molecule has 1 aliphatic rings. The van der Waals surface area contributed by atoms with Crippen LogP contribution < -0.4 is 4.90 Å². The molecule has 1 amide bonds. The van der Waals surface area contributed by atoms with Crippen LogP contribution in [0.5, 0.6) is 0 Å². The van der Waals surface area contributed by atoms with Crippen molar-refractivity contribution < 1.29 is 14.3 Å². The van der Waals surface area contributed by atoms with Crippen molar-refractivity contribution >= 4 is 11.6 Å². The number of aromatic nitrogens is 2. The standard InChI is InChI=1S/C16H16FN3O2/c1-10-13(5-6-18-19-10)16(22)20-8-11(9-21)7-12-3-2-4-14(17)15(12)20/h2-6,11,21H,7-9H2,1H3. The van der Waals surface area contributed by atoms with Gasteiger partial charge in [0.1, 0.15) is 5.82 Å². The SMILES string of the molecule is Cc1nnccc1C(=O)N1CC(CO)Cc2cccc(F)c21. The minimum atomic E-state index is -0.429. The van der Waals surface area contributed by atoms with Crippen molar-refractivity contribution in [3.63, 3.8) is 0 Å². The zero-order valence-corrected chi connectivity index (χ0v) is 12.2. The summed E-state index contributed by atoms with van der Waals surface area (Å²) >= 11 is 0. The van der Waals surface area contributed by atoms with Crippen LogP contribution in [0.15, 0.2) is 30.5 Å². The van der Waals surface area contributed by atoms with E-state index in [4.69, 9.17) is 0 Å². The quantitative estimate of drug-likeness (QED) is 0.917. The number of para-hydroxylation sites is 1. The van der Waals surface area contributed by atoms with Crippen LogP contribution in [0.4, 0.5) is 10.1 Å². The third-order valence-electron chi connectivity index (χ3n) is 3.93. The van der Waals surface area contributed by atoms with E-state index >= 15 is 0 Å². The van der Waals surface area contributed by atoms with Crippen molar-refractivity contribution in [2.75, 3.05) is 18.1 Å². The molecule has 0 saturated carbocycles. The number of rotatable bonds is 2. The van der Waals surface area contributed by atoms with Gasteiger partial charge in [0.25, 0.3) is 5.91 Å². The molecule has 0 aliphatic carbocycles. The highest BCUT2D eigenvalue weighted by Gasteiger charge is 2.31. The number of halogens is 1. The molecule has 0 saturated heterocycles. The number of hydrogen-bond acceptors (Lipinski definition) is 4. The maximum absolute atomic E-state index is 14.2. The van der Waals surface area contributed by atoms with E-state index < -0.39 is 5.82 Å². The lowest BCUT2D eigenvalue weighted by atomic mass is 9.92. The molecular formula is C16H16FN3O2. The molecule has 1 unspecified atom stereocenters. The minimum Gasteiger partial charge on any atom is -0.396 e. The Labute approximate surface area is 127 Å². The molecule has 22 heavy (non-hydrogen) atoms. The first-order valence-corrected chi connectivity index (χ1v) is 7.10. The number of carbonyl (C=O) groups excluding carboxylic acids is 1. The number of fused-ring (bicyclic) bond motifs is 1. The number of amides is 1. The Hall–Kier alpha value is -2.34. The summed E-state index contributed by atoms with van der Waals surface area (Å²) in [6, 6.07) is 6.33. The summed E-state index contributed by atoms with van der Waals surface area (Å²) in [4.78, 5) is 14.2. The summed E-state index contributed by atoms with van der Waals surface area (Å²) < 4.78 is 14.2. The van der Waals surface area contributed by atoms with Crippen molar-refractivity contribution in [2.24, 2.45) is 5.92 Å². The Morgan fingerprint density at radius 1 is 1.45 bits per heavy atom. The van der Waals surface area contributed by atoms with Crippen molar-refractivity contribution in [3.8, 4) is 0 Å². The van der Waals surface area contributed by atoms with Crippen molar-refractivity contribution in [1.82, 2.24) is 10.2 Å². The van der Waals surface area contributed by atoms with Crippen molar-refractivity contribution in [3.05, 3.63) is 53.1 Å². The van der Waals surface area contributed by atoms with Gasteiger partial charge >= 0.3 is 0 Å². The number of aliphatic hydroxyl groups excluding tert-OH is 1. The Bertz CT molecular complexity index is 720. The van der Waals surface area contributed by atoms with E-state index in [-0.39, 0.29) is 25.0 Å². The van der Waals surface area contributed by atoms with Crippen LogP contribution in [-0.4, -0.2) is 34.4 Å². The van der Waals surface area contributed by atoms with E-state index in [1.54, 1.807) is 25.1 Å². The lowest BCUT2D eigenvalue weighted by molar-refractivity contribution is 0.0972. The molecule has 1 N–H and O–H groups in total. The summed E-state index contributed by atoms with van der Waals surface area (Å²) in [5, 5.41) is 17.1. The third-order valence-corrected chi connectivity index (χ3v) is 3.93. The first kappa shape index (κ1) is 14.6. The molecule has 5 nitrogen and oxygen atoms in total. The van der Waals surface area contributed by atoms with E-state index in [2.05, 4.69) is 10.2 Å². The first-order valence-electron chi connectivity index (χ1n) is 7.10. The van der Waals surface area contributed by atoms with Gasteiger partial charge in [0.05, 0.1) is 23.1 Å². The Morgan fingerprint density at radius 3 is 3.00 bits per heavy atom. The predicted molar refractivity (Wildman–Crippen MR) is 79.1 cm³/mol. The van der Waals surface area contributed by atoms with Crippen LogP contribution in [0, 0.1) is 18.7 Å². The predicted octanol–water partition coefficient (Wildman–Crippen LogP) is 1.74. The smallest absolute Gasteiger partial charge is 0.260 e. The lowest BCUT2D eigenvalue weighted by Gasteiger charge is -2.34. The summed E-state index contributed by atoms with van der Waals surface area (Å²) in [6.45, 7) is 1.92. The Balaban J connectivity index is 2.07. The highest BCUT2D eigenvalue weighted by molar-refractivity contribution is 6.07. The Kier molecular flexibility index (Phi) is 3.85. The number of aryl methyl sites for hydroxylation is 1. The molecule has 6 heteroatoms. The highest BCUT2D eigenvalue weighted by atomic mass is 19.1. The number of anilines is 1. The van der Waals surface area contributed by atoms with Gasteiger partial charge < -0.3 is 10.0 Å². The molecule has 2 heterocycles. The van der Waals surface area contributed by atoms with Gasteiger partial charge in [-0.25, -0.2) is 4.39 Å². The zero-order chi connectivity index (χ0) is 15.7. The van der Waals surface area contributed by atoms with Gasteiger partial charge in [0.2, 0.25) is 0 Å². The van der Waals surface area contributed by atoms with Crippen molar-refractivity contribution in [2.45, 2.75) is 13.3 Å². The molecule has 1 aliphatic heterocycles. The molecule has 2 aromatic rings. The van der Waals surface area contributed by atoms with Gasteiger partial charge in [0.15, 0.2) is 0 Å². The second-order valence-electron chi connectivity index (χ2n) is 5.45. The largest absolute Gasteiger partial charge is 0.396 e.